The molecule has 0 aliphatic heterocycles. The lowest BCUT2D eigenvalue weighted by Crippen LogP contribution is -2.33. The first-order chi connectivity index (χ1) is 9.17. The van der Waals surface area contributed by atoms with Crippen molar-refractivity contribution in [3.8, 4) is 0 Å². The summed E-state index contributed by atoms with van der Waals surface area (Å²) < 4.78 is 0. The van der Waals surface area contributed by atoms with Gasteiger partial charge in [0.1, 0.15) is 0 Å². The molecule has 1 aromatic carbocycles. The van der Waals surface area contributed by atoms with Crippen molar-refractivity contribution in [3.05, 3.63) is 35.4 Å². The van der Waals surface area contributed by atoms with Gasteiger partial charge in [0.15, 0.2) is 0 Å². The van der Waals surface area contributed by atoms with Crippen molar-refractivity contribution in [2.24, 2.45) is 0 Å². The number of thioether (sulfide) groups is 1. The van der Waals surface area contributed by atoms with E-state index in [1.807, 2.05) is 6.92 Å². The number of carbonyl (C=O) groups is 1. The normalized spacial score (nSPS) is 10.5. The van der Waals surface area contributed by atoms with Gasteiger partial charge in [0.25, 0.3) is 0 Å². The molecule has 0 aromatic heterocycles. The van der Waals surface area contributed by atoms with E-state index in [0.717, 1.165) is 5.75 Å². The van der Waals surface area contributed by atoms with Gasteiger partial charge in [-0.25, -0.2) is 0 Å². The Balaban J connectivity index is 2.31. The number of hydrogen-bond donors (Lipinski definition) is 1. The Labute approximate surface area is 120 Å². The maximum atomic E-state index is 11.9. The molecule has 1 N–H and O–H groups in total. The lowest BCUT2D eigenvalue weighted by atomic mass is 10.2. The molecule has 0 atom stereocenters. The molecule has 0 unspecified atom stereocenters. The van der Waals surface area contributed by atoms with E-state index in [1.165, 1.54) is 11.1 Å². The molecular formula is C15H23NO2S. The molecule has 0 saturated heterocycles. The highest BCUT2D eigenvalue weighted by molar-refractivity contribution is 7.99. The number of aliphatic hydroxyl groups excluding tert-OH is 1. The lowest BCUT2D eigenvalue weighted by molar-refractivity contribution is -0.128. The summed E-state index contributed by atoms with van der Waals surface area (Å²) in [5.41, 5.74) is 2.51. The summed E-state index contributed by atoms with van der Waals surface area (Å²) >= 11 is 1.64. The van der Waals surface area contributed by atoms with Gasteiger partial charge in [0, 0.05) is 25.4 Å². The summed E-state index contributed by atoms with van der Waals surface area (Å²) in [5.74, 6) is 1.53. The molecule has 0 bridgehead atoms. The molecule has 1 rings (SSSR count). The number of carbonyl (C=O) groups excluding carboxylic acids is 1. The summed E-state index contributed by atoms with van der Waals surface area (Å²) in [5, 5.41) is 8.80. The van der Waals surface area contributed by atoms with Crippen LogP contribution in [-0.4, -0.2) is 41.4 Å². The third-order valence-corrected chi connectivity index (χ3v) is 3.92. The van der Waals surface area contributed by atoms with Crippen molar-refractivity contribution in [2.75, 3.05) is 25.4 Å². The Morgan fingerprint density at radius 2 is 2.00 bits per heavy atom. The molecule has 1 amide bonds. The van der Waals surface area contributed by atoms with Crippen LogP contribution in [0.4, 0.5) is 0 Å². The summed E-state index contributed by atoms with van der Waals surface area (Å²) in [4.78, 5) is 13.8. The third kappa shape index (κ3) is 6.12. The van der Waals surface area contributed by atoms with E-state index in [4.69, 9.17) is 5.11 Å². The average Bonchev–Trinajstić information content (AvgIpc) is 2.42. The van der Waals surface area contributed by atoms with E-state index >= 15 is 0 Å². The average molecular weight is 281 g/mol. The molecule has 0 spiro atoms. The van der Waals surface area contributed by atoms with Crippen molar-refractivity contribution >= 4 is 17.7 Å². The fourth-order valence-electron chi connectivity index (χ4n) is 1.75. The summed E-state index contributed by atoms with van der Waals surface area (Å²) in [6.07, 6.45) is 0.655. The number of benzene rings is 1. The smallest absolute Gasteiger partial charge is 0.232 e. The first kappa shape index (κ1) is 16.1. The third-order valence-electron chi connectivity index (χ3n) is 2.94. The van der Waals surface area contributed by atoms with E-state index in [2.05, 4.69) is 31.2 Å². The molecule has 106 valence electrons. The van der Waals surface area contributed by atoms with Gasteiger partial charge in [-0.3, -0.25) is 4.79 Å². The number of hydrogen-bond acceptors (Lipinski definition) is 3. The van der Waals surface area contributed by atoms with E-state index < -0.39 is 0 Å². The first-order valence-corrected chi connectivity index (χ1v) is 7.84. The van der Waals surface area contributed by atoms with Crippen molar-refractivity contribution in [1.29, 1.82) is 0 Å². The second kappa shape index (κ2) is 8.99. The summed E-state index contributed by atoms with van der Waals surface area (Å²) in [7, 11) is 0. The topological polar surface area (TPSA) is 40.5 Å². The second-order valence-electron chi connectivity index (χ2n) is 4.53. The van der Waals surface area contributed by atoms with Crippen molar-refractivity contribution in [1.82, 2.24) is 4.90 Å². The minimum absolute atomic E-state index is 0.139. The van der Waals surface area contributed by atoms with Crippen LogP contribution in [-0.2, 0) is 10.5 Å². The van der Waals surface area contributed by atoms with E-state index in [9.17, 15) is 4.79 Å². The molecule has 0 aliphatic carbocycles. The highest BCUT2D eigenvalue weighted by atomic mass is 32.2. The summed E-state index contributed by atoms with van der Waals surface area (Å²) in [6, 6.07) is 8.40. The lowest BCUT2D eigenvalue weighted by Gasteiger charge is -2.20. The molecule has 0 aliphatic rings. The summed E-state index contributed by atoms with van der Waals surface area (Å²) in [6.45, 7) is 5.54. The zero-order valence-electron chi connectivity index (χ0n) is 11.8. The van der Waals surface area contributed by atoms with Gasteiger partial charge >= 0.3 is 0 Å². The van der Waals surface area contributed by atoms with Crippen molar-refractivity contribution < 1.29 is 9.90 Å². The van der Waals surface area contributed by atoms with E-state index in [0.29, 0.717) is 25.3 Å². The van der Waals surface area contributed by atoms with Crippen LogP contribution in [0.15, 0.2) is 24.3 Å². The standard InChI is InChI=1S/C15H23NO2S/c1-3-16(9-4-10-17)15(18)12-19-11-14-7-5-13(2)6-8-14/h5-8,17H,3-4,9-12H2,1-2H3. The van der Waals surface area contributed by atoms with Gasteiger partial charge in [0.2, 0.25) is 5.91 Å². The van der Waals surface area contributed by atoms with Gasteiger partial charge in [-0.2, -0.15) is 0 Å². The maximum absolute atomic E-state index is 11.9. The Kier molecular flexibility index (Phi) is 7.60. The molecule has 0 saturated carbocycles. The maximum Gasteiger partial charge on any atom is 0.232 e. The first-order valence-electron chi connectivity index (χ1n) is 6.69. The van der Waals surface area contributed by atoms with Crippen LogP contribution in [0.5, 0.6) is 0 Å². The van der Waals surface area contributed by atoms with E-state index in [1.54, 1.807) is 16.7 Å². The highest BCUT2D eigenvalue weighted by Gasteiger charge is 2.10. The molecule has 4 heteroatoms. The number of aliphatic hydroxyl groups is 1. The largest absolute Gasteiger partial charge is 0.396 e. The predicted molar refractivity (Wildman–Crippen MR) is 81.3 cm³/mol. The Hall–Kier alpha value is -1.00. The minimum atomic E-state index is 0.139. The monoisotopic (exact) mass is 281 g/mol. The van der Waals surface area contributed by atoms with Gasteiger partial charge in [-0.05, 0) is 25.8 Å². The van der Waals surface area contributed by atoms with Crippen LogP contribution >= 0.6 is 11.8 Å². The zero-order chi connectivity index (χ0) is 14.1. The van der Waals surface area contributed by atoms with Gasteiger partial charge in [-0.15, -0.1) is 11.8 Å². The van der Waals surface area contributed by atoms with Crippen LogP contribution in [0, 0.1) is 6.92 Å². The highest BCUT2D eigenvalue weighted by Crippen LogP contribution is 2.13. The van der Waals surface area contributed by atoms with Crippen LogP contribution < -0.4 is 0 Å². The van der Waals surface area contributed by atoms with Gasteiger partial charge in [-0.1, -0.05) is 29.8 Å². The van der Waals surface area contributed by atoms with Crippen LogP contribution in [0.2, 0.25) is 0 Å². The molecule has 0 heterocycles. The van der Waals surface area contributed by atoms with Crippen LogP contribution in [0.25, 0.3) is 0 Å². The quantitative estimate of drug-likeness (QED) is 0.796. The van der Waals surface area contributed by atoms with Gasteiger partial charge in [0.05, 0.1) is 5.75 Å². The molecule has 19 heavy (non-hydrogen) atoms. The van der Waals surface area contributed by atoms with Crippen molar-refractivity contribution in [2.45, 2.75) is 26.0 Å². The fraction of sp³-hybridized carbons (Fsp3) is 0.533. The Bertz CT molecular complexity index is 378. The van der Waals surface area contributed by atoms with Crippen molar-refractivity contribution in [3.63, 3.8) is 0 Å². The molecule has 0 radical (unpaired) electrons. The fourth-order valence-corrected chi connectivity index (χ4v) is 2.64. The molecule has 0 fully saturated rings. The van der Waals surface area contributed by atoms with Gasteiger partial charge < -0.3 is 10.0 Å². The minimum Gasteiger partial charge on any atom is -0.396 e. The predicted octanol–water partition coefficient (Wildman–Crippen LogP) is 2.46. The Morgan fingerprint density at radius 1 is 1.32 bits per heavy atom. The number of rotatable bonds is 8. The SMILES string of the molecule is CCN(CCCO)C(=O)CSCc1ccc(C)cc1. The zero-order valence-corrected chi connectivity index (χ0v) is 12.6. The number of nitrogens with zero attached hydrogens (tertiary/aromatic N) is 1. The Morgan fingerprint density at radius 3 is 2.58 bits per heavy atom. The molecule has 3 nitrogen and oxygen atoms in total. The van der Waals surface area contributed by atoms with Crippen LogP contribution in [0.3, 0.4) is 0 Å². The van der Waals surface area contributed by atoms with Crippen LogP contribution in [0.1, 0.15) is 24.5 Å². The molecule has 1 aromatic rings. The second-order valence-corrected chi connectivity index (χ2v) is 5.51. The van der Waals surface area contributed by atoms with E-state index in [-0.39, 0.29) is 12.5 Å². The number of amides is 1. The number of aryl methyl sites for hydroxylation is 1. The molecular weight excluding hydrogens is 258 g/mol.